The summed E-state index contributed by atoms with van der Waals surface area (Å²) in [6.45, 7) is 3.13. The number of hydrogen-bond donors (Lipinski definition) is 2. The number of hydrogen-bond acceptors (Lipinski definition) is 8. The van der Waals surface area contributed by atoms with Crippen LogP contribution in [0.25, 0.3) is 0 Å². The third-order valence-corrected chi connectivity index (χ3v) is 5.42. The number of piperazine rings is 1. The van der Waals surface area contributed by atoms with E-state index in [4.69, 9.17) is 34.0 Å². The fraction of sp³-hybridized carbons (Fsp3) is 0.529. The molecule has 1 aliphatic rings. The van der Waals surface area contributed by atoms with Gasteiger partial charge in [0, 0.05) is 32.7 Å². The minimum atomic E-state index is -3.10. The van der Waals surface area contributed by atoms with Crippen molar-refractivity contribution in [3.63, 3.8) is 0 Å². The molecule has 29 heavy (non-hydrogen) atoms. The molecule has 0 atom stereocenters. The van der Waals surface area contributed by atoms with Crippen LogP contribution in [0.5, 0.6) is 17.2 Å². The lowest BCUT2D eigenvalue weighted by Gasteiger charge is -2.33. The van der Waals surface area contributed by atoms with E-state index in [0.717, 1.165) is 5.56 Å². The highest BCUT2D eigenvalue weighted by molar-refractivity contribution is 7.88. The number of carboxylic acids is 2. The Bertz CT molecular complexity index is 781. The summed E-state index contributed by atoms with van der Waals surface area (Å²) in [7, 11) is 1.65. The number of nitrogens with zero attached hydrogens (tertiary/aromatic N) is 2. The first-order chi connectivity index (χ1) is 13.5. The molecule has 0 unspecified atom stereocenters. The van der Waals surface area contributed by atoms with Crippen molar-refractivity contribution in [1.82, 2.24) is 9.21 Å². The number of ether oxygens (including phenoxy) is 3. The zero-order chi connectivity index (χ0) is 22.2. The van der Waals surface area contributed by atoms with E-state index in [1.807, 2.05) is 12.1 Å². The standard InChI is InChI=1S/C15H24N2O5S.C2H2O4/c1-20-13-9-12(10-14(21-2)15(13)22-3)11-16-5-7-17(8-6-16)23(4,18)19;3-1(4)2(5)6/h9-10H,5-8,11H2,1-4H3;(H,3,4)(H,5,6). The molecule has 1 aliphatic heterocycles. The molecule has 1 saturated heterocycles. The molecule has 0 aromatic heterocycles. The molecular formula is C17H26N2O9S. The molecule has 0 bridgehead atoms. The number of carboxylic acid groups (broad SMARTS) is 2. The Hall–Kier alpha value is -2.57. The molecule has 1 fully saturated rings. The third-order valence-electron chi connectivity index (χ3n) is 4.11. The minimum Gasteiger partial charge on any atom is -0.493 e. The molecule has 164 valence electrons. The Morgan fingerprint density at radius 3 is 1.69 bits per heavy atom. The highest BCUT2D eigenvalue weighted by atomic mass is 32.2. The molecular weight excluding hydrogens is 408 g/mol. The molecule has 12 heteroatoms. The average Bonchev–Trinajstić information content (AvgIpc) is 2.67. The Labute approximate surface area is 169 Å². The van der Waals surface area contributed by atoms with Crippen LogP contribution in [0, 0.1) is 0 Å². The van der Waals surface area contributed by atoms with Crippen LogP contribution in [-0.4, -0.2) is 93.5 Å². The number of rotatable bonds is 6. The second-order valence-corrected chi connectivity index (χ2v) is 8.06. The van der Waals surface area contributed by atoms with Gasteiger partial charge in [-0.05, 0) is 17.7 Å². The van der Waals surface area contributed by atoms with Crippen molar-refractivity contribution in [2.75, 3.05) is 53.8 Å². The van der Waals surface area contributed by atoms with E-state index in [-0.39, 0.29) is 0 Å². The first kappa shape index (κ1) is 24.5. The highest BCUT2D eigenvalue weighted by Crippen LogP contribution is 2.38. The van der Waals surface area contributed by atoms with Crippen molar-refractivity contribution in [1.29, 1.82) is 0 Å². The zero-order valence-corrected chi connectivity index (χ0v) is 17.6. The predicted molar refractivity (Wildman–Crippen MR) is 103 cm³/mol. The van der Waals surface area contributed by atoms with Gasteiger partial charge in [-0.15, -0.1) is 0 Å². The lowest BCUT2D eigenvalue weighted by Crippen LogP contribution is -2.47. The lowest BCUT2D eigenvalue weighted by atomic mass is 10.1. The molecule has 1 heterocycles. The molecule has 2 N–H and O–H groups in total. The van der Waals surface area contributed by atoms with Gasteiger partial charge in [0.25, 0.3) is 0 Å². The molecule has 0 amide bonds. The lowest BCUT2D eigenvalue weighted by molar-refractivity contribution is -0.159. The third kappa shape index (κ3) is 7.40. The molecule has 0 spiro atoms. The van der Waals surface area contributed by atoms with E-state index < -0.39 is 22.0 Å². The molecule has 0 radical (unpaired) electrons. The first-order valence-corrected chi connectivity index (χ1v) is 10.3. The van der Waals surface area contributed by atoms with Gasteiger partial charge in [-0.1, -0.05) is 0 Å². The monoisotopic (exact) mass is 434 g/mol. The molecule has 2 rings (SSSR count). The SMILES string of the molecule is COc1cc(CN2CCN(S(C)(=O)=O)CC2)cc(OC)c1OC.O=C(O)C(=O)O. The van der Waals surface area contributed by atoms with Crippen LogP contribution in [0.15, 0.2) is 12.1 Å². The van der Waals surface area contributed by atoms with E-state index in [0.29, 0.717) is 50.0 Å². The fourth-order valence-electron chi connectivity index (χ4n) is 2.70. The molecule has 0 saturated carbocycles. The van der Waals surface area contributed by atoms with Gasteiger partial charge in [-0.3, -0.25) is 4.90 Å². The van der Waals surface area contributed by atoms with Crippen molar-refractivity contribution in [2.45, 2.75) is 6.54 Å². The van der Waals surface area contributed by atoms with Crippen molar-refractivity contribution in [2.24, 2.45) is 0 Å². The van der Waals surface area contributed by atoms with Crippen LogP contribution in [0.1, 0.15) is 5.56 Å². The number of sulfonamides is 1. The second-order valence-electron chi connectivity index (χ2n) is 6.08. The Morgan fingerprint density at radius 1 is 0.931 bits per heavy atom. The summed E-state index contributed by atoms with van der Waals surface area (Å²) < 4.78 is 40.6. The van der Waals surface area contributed by atoms with Crippen molar-refractivity contribution >= 4 is 22.0 Å². The summed E-state index contributed by atoms with van der Waals surface area (Å²) in [4.78, 5) is 20.4. The van der Waals surface area contributed by atoms with Gasteiger partial charge < -0.3 is 24.4 Å². The first-order valence-electron chi connectivity index (χ1n) is 8.46. The van der Waals surface area contributed by atoms with E-state index in [1.165, 1.54) is 10.6 Å². The topological polar surface area (TPSA) is 143 Å². The van der Waals surface area contributed by atoms with E-state index in [1.54, 1.807) is 21.3 Å². The smallest absolute Gasteiger partial charge is 0.414 e. The van der Waals surface area contributed by atoms with Gasteiger partial charge >= 0.3 is 11.9 Å². The maximum atomic E-state index is 11.5. The number of aliphatic carboxylic acids is 2. The quantitative estimate of drug-likeness (QED) is 0.585. The number of benzene rings is 1. The molecule has 0 aliphatic carbocycles. The summed E-state index contributed by atoms with van der Waals surface area (Å²) in [5.41, 5.74) is 1.03. The summed E-state index contributed by atoms with van der Waals surface area (Å²) in [6, 6.07) is 3.84. The van der Waals surface area contributed by atoms with E-state index >= 15 is 0 Å². The maximum Gasteiger partial charge on any atom is 0.414 e. The molecule has 11 nitrogen and oxygen atoms in total. The predicted octanol–water partition coefficient (Wildman–Crippen LogP) is -0.0548. The minimum absolute atomic E-state index is 0.517. The average molecular weight is 434 g/mol. The molecule has 1 aromatic rings. The zero-order valence-electron chi connectivity index (χ0n) is 16.7. The maximum absolute atomic E-state index is 11.5. The van der Waals surface area contributed by atoms with E-state index in [9.17, 15) is 8.42 Å². The number of carbonyl (C=O) groups is 2. The van der Waals surface area contributed by atoms with Gasteiger partial charge in [0.05, 0.1) is 27.6 Å². The van der Waals surface area contributed by atoms with Crippen molar-refractivity contribution < 1.29 is 42.4 Å². The van der Waals surface area contributed by atoms with E-state index in [2.05, 4.69) is 4.90 Å². The summed E-state index contributed by atoms with van der Waals surface area (Å²) in [6.07, 6.45) is 1.25. The summed E-state index contributed by atoms with van der Waals surface area (Å²) >= 11 is 0. The fourth-order valence-corrected chi connectivity index (χ4v) is 3.53. The summed E-state index contributed by atoms with van der Waals surface area (Å²) in [5.74, 6) is -1.83. The number of methoxy groups -OCH3 is 3. The van der Waals surface area contributed by atoms with Gasteiger partial charge in [0.15, 0.2) is 11.5 Å². The Morgan fingerprint density at radius 2 is 1.38 bits per heavy atom. The summed E-state index contributed by atoms with van der Waals surface area (Å²) in [5, 5.41) is 14.8. The van der Waals surface area contributed by atoms with Gasteiger partial charge in [0.2, 0.25) is 15.8 Å². The van der Waals surface area contributed by atoms with Gasteiger partial charge in [-0.25, -0.2) is 18.0 Å². The Balaban J connectivity index is 0.000000612. The van der Waals surface area contributed by atoms with Gasteiger partial charge in [0.1, 0.15) is 0 Å². The largest absolute Gasteiger partial charge is 0.493 e. The van der Waals surface area contributed by atoms with Crippen LogP contribution >= 0.6 is 0 Å². The Kier molecular flexibility index (Phi) is 9.14. The van der Waals surface area contributed by atoms with Gasteiger partial charge in [-0.2, -0.15) is 4.31 Å². The molecule has 1 aromatic carbocycles. The highest BCUT2D eigenvalue weighted by Gasteiger charge is 2.24. The van der Waals surface area contributed by atoms with Crippen LogP contribution < -0.4 is 14.2 Å². The van der Waals surface area contributed by atoms with Crippen molar-refractivity contribution in [3.05, 3.63) is 17.7 Å². The second kappa shape index (κ2) is 10.8. The normalized spacial score (nSPS) is 15.0. The van der Waals surface area contributed by atoms with Crippen LogP contribution in [0.2, 0.25) is 0 Å². The van der Waals surface area contributed by atoms with Crippen molar-refractivity contribution in [3.8, 4) is 17.2 Å². The van der Waals surface area contributed by atoms with Crippen LogP contribution in [0.4, 0.5) is 0 Å². The van der Waals surface area contributed by atoms with Crippen LogP contribution in [-0.2, 0) is 26.2 Å². The van der Waals surface area contributed by atoms with Crippen LogP contribution in [0.3, 0.4) is 0 Å².